The fourth-order valence-electron chi connectivity index (χ4n) is 2.49. The first kappa shape index (κ1) is 28.8. The van der Waals surface area contributed by atoms with E-state index >= 15 is 0 Å². The fourth-order valence-corrected chi connectivity index (χ4v) is 2.49. The molecule has 0 heterocycles. The van der Waals surface area contributed by atoms with Crippen molar-refractivity contribution in [3.05, 3.63) is 29.8 Å². The van der Waals surface area contributed by atoms with Crippen molar-refractivity contribution in [2.45, 2.75) is 44.1 Å². The molecule has 0 aliphatic rings. The van der Waals surface area contributed by atoms with Gasteiger partial charge in [0.25, 0.3) is 5.91 Å². The molecular formula is C18H25ClF5N3O4. The number of alkyl halides is 5. The molecular weight excluding hydrogens is 453 g/mol. The van der Waals surface area contributed by atoms with Crippen molar-refractivity contribution in [1.29, 1.82) is 0 Å². The van der Waals surface area contributed by atoms with Crippen LogP contribution in [-0.4, -0.2) is 54.8 Å². The fraction of sp³-hybridized carbons (Fsp3) is 0.556. The second-order valence-corrected chi connectivity index (χ2v) is 6.89. The first-order valence-corrected chi connectivity index (χ1v) is 8.81. The number of amides is 2. The van der Waals surface area contributed by atoms with E-state index < -0.39 is 54.6 Å². The molecule has 1 rings (SSSR count). The Hall–Kier alpha value is -2.18. The molecule has 0 spiro atoms. The number of carbonyl (C=O) groups is 2. The summed E-state index contributed by atoms with van der Waals surface area (Å²) in [5, 5.41) is 13.2. The second kappa shape index (κ2) is 11.4. The Kier molecular flexibility index (Phi) is 10.6. The van der Waals surface area contributed by atoms with Crippen LogP contribution in [0.2, 0.25) is 0 Å². The van der Waals surface area contributed by atoms with E-state index in [1.54, 1.807) is 0 Å². The van der Waals surface area contributed by atoms with Crippen LogP contribution in [0.3, 0.4) is 0 Å². The van der Waals surface area contributed by atoms with E-state index in [0.29, 0.717) is 11.3 Å². The molecule has 0 aromatic heterocycles. The van der Waals surface area contributed by atoms with Gasteiger partial charge in [0.2, 0.25) is 5.91 Å². The molecule has 5 N–H and O–H groups in total. The predicted octanol–water partition coefficient (Wildman–Crippen LogP) is 1.93. The van der Waals surface area contributed by atoms with Crippen LogP contribution < -0.4 is 21.1 Å². The van der Waals surface area contributed by atoms with Crippen LogP contribution >= 0.6 is 12.4 Å². The average Bonchev–Trinajstić information content (AvgIpc) is 2.67. The van der Waals surface area contributed by atoms with Crippen molar-refractivity contribution in [3.63, 3.8) is 0 Å². The number of nitrogens with two attached hydrogens (primary N) is 1. The van der Waals surface area contributed by atoms with Crippen LogP contribution in [0.1, 0.15) is 25.5 Å². The van der Waals surface area contributed by atoms with Crippen LogP contribution in [0.15, 0.2) is 24.3 Å². The van der Waals surface area contributed by atoms with Crippen molar-refractivity contribution < 1.29 is 41.4 Å². The number of hydrogen-bond acceptors (Lipinski definition) is 5. The van der Waals surface area contributed by atoms with E-state index in [4.69, 9.17) is 10.5 Å². The third-order valence-electron chi connectivity index (χ3n) is 4.25. The maximum Gasteiger partial charge on any atom is 0.405 e. The number of benzene rings is 1. The number of methoxy groups -OCH3 is 1. The number of halogens is 6. The molecule has 7 nitrogen and oxygen atoms in total. The smallest absolute Gasteiger partial charge is 0.405 e. The molecule has 0 bridgehead atoms. The Labute approximate surface area is 181 Å². The van der Waals surface area contributed by atoms with Crippen molar-refractivity contribution in [3.8, 4) is 5.75 Å². The number of nitrogens with one attached hydrogen (secondary N) is 2. The van der Waals surface area contributed by atoms with Crippen molar-refractivity contribution in [1.82, 2.24) is 10.6 Å². The SMILES string of the molecule is COc1ccc(C(N)C(=O)N[C@@H](C(C)C)C(O)C(F)(F)C(=O)NCC(F)(F)F)cc1.Cl. The number of hydrogen-bond donors (Lipinski definition) is 4. The monoisotopic (exact) mass is 477 g/mol. The normalized spacial score (nSPS) is 14.8. The Morgan fingerprint density at radius 2 is 1.65 bits per heavy atom. The Bertz CT molecular complexity index is 732. The summed E-state index contributed by atoms with van der Waals surface area (Å²) in [7, 11) is 1.43. The highest BCUT2D eigenvalue weighted by Crippen LogP contribution is 2.26. The van der Waals surface area contributed by atoms with Gasteiger partial charge >= 0.3 is 12.1 Å². The molecule has 2 amide bonds. The molecule has 1 aromatic carbocycles. The van der Waals surface area contributed by atoms with E-state index in [-0.39, 0.29) is 12.4 Å². The first-order chi connectivity index (χ1) is 13.7. The molecule has 2 unspecified atom stereocenters. The maximum atomic E-state index is 14.2. The lowest BCUT2D eigenvalue weighted by atomic mass is 9.93. The van der Waals surface area contributed by atoms with Crippen LogP contribution in [-0.2, 0) is 9.59 Å². The number of ether oxygens (including phenoxy) is 1. The van der Waals surface area contributed by atoms with Gasteiger partial charge < -0.3 is 26.2 Å². The van der Waals surface area contributed by atoms with Crippen molar-refractivity contribution in [2.24, 2.45) is 11.7 Å². The molecule has 0 saturated heterocycles. The van der Waals surface area contributed by atoms with Gasteiger partial charge in [0.15, 0.2) is 0 Å². The summed E-state index contributed by atoms with van der Waals surface area (Å²) in [5.74, 6) is -8.16. The molecule has 1 aromatic rings. The zero-order valence-electron chi connectivity index (χ0n) is 16.9. The lowest BCUT2D eigenvalue weighted by molar-refractivity contribution is -0.174. The third kappa shape index (κ3) is 8.11. The van der Waals surface area contributed by atoms with Gasteiger partial charge in [-0.3, -0.25) is 9.59 Å². The van der Waals surface area contributed by atoms with Crippen LogP contribution in [0.4, 0.5) is 22.0 Å². The summed E-state index contributed by atoms with van der Waals surface area (Å²) in [4.78, 5) is 23.9. The summed E-state index contributed by atoms with van der Waals surface area (Å²) >= 11 is 0. The maximum absolute atomic E-state index is 14.2. The number of carbonyl (C=O) groups excluding carboxylic acids is 2. The molecule has 0 radical (unpaired) electrons. The third-order valence-corrected chi connectivity index (χ3v) is 4.25. The predicted molar refractivity (Wildman–Crippen MR) is 104 cm³/mol. The number of aliphatic hydroxyl groups excluding tert-OH is 1. The molecule has 178 valence electrons. The topological polar surface area (TPSA) is 114 Å². The highest BCUT2D eigenvalue weighted by Gasteiger charge is 2.51. The van der Waals surface area contributed by atoms with E-state index in [0.717, 1.165) is 5.32 Å². The quantitative estimate of drug-likeness (QED) is 0.406. The van der Waals surface area contributed by atoms with Gasteiger partial charge in [-0.2, -0.15) is 22.0 Å². The zero-order valence-corrected chi connectivity index (χ0v) is 17.7. The van der Waals surface area contributed by atoms with Crippen molar-refractivity contribution in [2.75, 3.05) is 13.7 Å². The van der Waals surface area contributed by atoms with E-state index in [1.807, 2.05) is 0 Å². The molecule has 0 saturated carbocycles. The second-order valence-electron chi connectivity index (χ2n) is 6.89. The zero-order chi connectivity index (χ0) is 23.3. The van der Waals surface area contributed by atoms with Crippen LogP contribution in [0.25, 0.3) is 0 Å². The molecule has 31 heavy (non-hydrogen) atoms. The lowest BCUT2D eigenvalue weighted by Gasteiger charge is -2.32. The Morgan fingerprint density at radius 1 is 1.13 bits per heavy atom. The van der Waals surface area contributed by atoms with Gasteiger partial charge in [0.05, 0.1) is 13.2 Å². The van der Waals surface area contributed by atoms with Crippen LogP contribution in [0.5, 0.6) is 5.75 Å². The first-order valence-electron chi connectivity index (χ1n) is 8.81. The highest BCUT2D eigenvalue weighted by molar-refractivity contribution is 5.86. The van der Waals surface area contributed by atoms with Gasteiger partial charge in [0.1, 0.15) is 24.4 Å². The molecule has 13 heteroatoms. The van der Waals surface area contributed by atoms with Gasteiger partial charge in [-0.15, -0.1) is 12.4 Å². The average molecular weight is 478 g/mol. The van der Waals surface area contributed by atoms with Gasteiger partial charge in [0, 0.05) is 0 Å². The summed E-state index contributed by atoms with van der Waals surface area (Å²) in [6.07, 6.45) is -7.70. The number of aliphatic hydroxyl groups is 1. The van der Waals surface area contributed by atoms with Crippen molar-refractivity contribution >= 4 is 24.2 Å². The summed E-state index contributed by atoms with van der Waals surface area (Å²) in [6, 6.07) is 3.03. The van der Waals surface area contributed by atoms with Gasteiger partial charge in [-0.05, 0) is 23.6 Å². The largest absolute Gasteiger partial charge is 0.497 e. The minimum absolute atomic E-state index is 0. The summed E-state index contributed by atoms with van der Waals surface area (Å²) in [5.41, 5.74) is 6.14. The van der Waals surface area contributed by atoms with E-state index in [9.17, 15) is 36.6 Å². The summed E-state index contributed by atoms with van der Waals surface area (Å²) < 4.78 is 69.9. The van der Waals surface area contributed by atoms with E-state index in [2.05, 4.69) is 5.32 Å². The molecule has 0 aliphatic carbocycles. The van der Waals surface area contributed by atoms with E-state index in [1.165, 1.54) is 45.2 Å². The minimum atomic E-state index is -4.91. The molecule has 3 atom stereocenters. The highest BCUT2D eigenvalue weighted by atomic mass is 35.5. The molecule has 0 fully saturated rings. The Balaban J connectivity index is 0.00000900. The standard InChI is InChI=1S/C18H24F5N3O4.ClH/c1-9(2)13(14(27)18(22,23)16(29)25-8-17(19,20)21)26-15(28)12(24)10-4-6-11(30-3)7-5-10;/h4-7,9,12-14,27H,8,24H2,1-3H3,(H,25,29)(H,26,28);1H/t12?,13-,14?;/m0./s1. The minimum Gasteiger partial charge on any atom is -0.497 e. The summed E-state index contributed by atoms with van der Waals surface area (Å²) in [6.45, 7) is 0.753. The van der Waals surface area contributed by atoms with Crippen LogP contribution in [0, 0.1) is 5.92 Å². The lowest BCUT2D eigenvalue weighted by Crippen LogP contribution is -2.60. The Morgan fingerprint density at radius 3 is 2.06 bits per heavy atom. The van der Waals surface area contributed by atoms with Gasteiger partial charge in [-0.1, -0.05) is 26.0 Å². The molecule has 0 aliphatic heterocycles. The number of rotatable bonds is 9. The van der Waals surface area contributed by atoms with Gasteiger partial charge in [-0.25, -0.2) is 0 Å².